The Balaban J connectivity index is 1.33. The van der Waals surface area contributed by atoms with Gasteiger partial charge in [0.15, 0.2) is 11.5 Å². The second kappa shape index (κ2) is 9.64. The Labute approximate surface area is 228 Å². The fraction of sp³-hybridized carbons (Fsp3) is 0.167. The highest BCUT2D eigenvalue weighted by atomic mass is 19.1. The molecule has 1 atom stereocenters. The molecular formula is C30H24F2N6O2. The Morgan fingerprint density at radius 2 is 1.45 bits per heavy atom. The minimum Gasteiger partial charge on any atom is -0.369 e. The van der Waals surface area contributed by atoms with Crippen LogP contribution in [-0.4, -0.2) is 37.5 Å². The van der Waals surface area contributed by atoms with Crippen LogP contribution in [0.1, 0.15) is 51.4 Å². The zero-order valence-electron chi connectivity index (χ0n) is 21.5. The van der Waals surface area contributed by atoms with Crippen LogP contribution in [0.15, 0.2) is 90.2 Å². The van der Waals surface area contributed by atoms with Gasteiger partial charge in [-0.2, -0.15) is 0 Å². The average molecular weight is 539 g/mol. The van der Waals surface area contributed by atoms with Gasteiger partial charge in [0.1, 0.15) is 11.6 Å². The van der Waals surface area contributed by atoms with Crippen LogP contribution in [0.4, 0.5) is 8.78 Å². The third-order valence-corrected chi connectivity index (χ3v) is 7.41. The fourth-order valence-electron chi connectivity index (χ4n) is 5.34. The number of amides is 2. The van der Waals surface area contributed by atoms with E-state index in [0.29, 0.717) is 35.3 Å². The topological polar surface area (TPSA) is 105 Å². The number of fused-ring (bicyclic) bond motifs is 1. The number of halogens is 2. The molecule has 1 unspecified atom stereocenters. The van der Waals surface area contributed by atoms with Gasteiger partial charge in [0, 0.05) is 18.0 Å². The number of aliphatic imine (C=N–C) groups is 1. The number of guanidine groups is 1. The van der Waals surface area contributed by atoms with Crippen LogP contribution < -0.4 is 5.73 Å². The molecule has 0 saturated carbocycles. The van der Waals surface area contributed by atoms with E-state index in [1.54, 1.807) is 48.5 Å². The number of hydrogen-bond donors (Lipinski definition) is 1. The average Bonchev–Trinajstić information content (AvgIpc) is 3.52. The SMILES string of the molecule is CC(c1cccc(C(=O)N2Cc3nccnc3C2)c1)N1C(=O)C(c2ccc(F)cc2)(c2ccc(F)cc2)N=C1N. The fourth-order valence-corrected chi connectivity index (χ4v) is 5.34. The van der Waals surface area contributed by atoms with E-state index in [2.05, 4.69) is 15.0 Å². The summed E-state index contributed by atoms with van der Waals surface area (Å²) in [6, 6.07) is 17.2. The maximum absolute atomic E-state index is 14.2. The van der Waals surface area contributed by atoms with Crippen molar-refractivity contribution in [2.45, 2.75) is 31.6 Å². The molecule has 0 saturated heterocycles. The van der Waals surface area contributed by atoms with Crippen LogP contribution in [-0.2, 0) is 23.4 Å². The number of carbonyl (C=O) groups excluding carboxylic acids is 2. The van der Waals surface area contributed by atoms with Gasteiger partial charge in [0.25, 0.3) is 11.8 Å². The van der Waals surface area contributed by atoms with Crippen LogP contribution in [0.5, 0.6) is 0 Å². The Kier molecular flexibility index (Phi) is 6.10. The van der Waals surface area contributed by atoms with Crippen molar-refractivity contribution in [2.75, 3.05) is 0 Å². The molecule has 2 amide bonds. The zero-order valence-corrected chi connectivity index (χ0v) is 21.5. The van der Waals surface area contributed by atoms with Gasteiger partial charge in [-0.1, -0.05) is 36.4 Å². The summed E-state index contributed by atoms with van der Waals surface area (Å²) in [6.07, 6.45) is 3.21. The lowest BCUT2D eigenvalue weighted by molar-refractivity contribution is -0.131. The van der Waals surface area contributed by atoms with Gasteiger partial charge in [-0.05, 0) is 60.0 Å². The molecule has 0 radical (unpaired) electrons. The summed E-state index contributed by atoms with van der Waals surface area (Å²) in [4.78, 5) is 43.8. The smallest absolute Gasteiger partial charge is 0.267 e. The lowest BCUT2D eigenvalue weighted by atomic mass is 9.82. The van der Waals surface area contributed by atoms with Crippen molar-refractivity contribution in [1.29, 1.82) is 0 Å². The molecule has 8 nitrogen and oxygen atoms in total. The first-order valence-electron chi connectivity index (χ1n) is 12.7. The highest BCUT2D eigenvalue weighted by molar-refractivity contribution is 6.09. The quantitative estimate of drug-likeness (QED) is 0.413. The van der Waals surface area contributed by atoms with Crippen LogP contribution in [0.3, 0.4) is 0 Å². The number of nitrogens with two attached hydrogens (primary N) is 1. The lowest BCUT2D eigenvalue weighted by Gasteiger charge is -2.30. The van der Waals surface area contributed by atoms with E-state index >= 15 is 0 Å². The number of rotatable bonds is 5. The molecule has 4 aromatic rings. The van der Waals surface area contributed by atoms with E-state index in [1.165, 1.54) is 53.4 Å². The van der Waals surface area contributed by atoms with Gasteiger partial charge in [-0.3, -0.25) is 24.5 Å². The predicted octanol–water partition coefficient (Wildman–Crippen LogP) is 4.07. The first kappa shape index (κ1) is 25.3. The van der Waals surface area contributed by atoms with E-state index in [9.17, 15) is 18.4 Å². The number of benzene rings is 3. The zero-order chi connectivity index (χ0) is 28.0. The normalized spacial score (nSPS) is 16.6. The summed E-state index contributed by atoms with van der Waals surface area (Å²) in [5.41, 5.74) is 8.18. The summed E-state index contributed by atoms with van der Waals surface area (Å²) in [5, 5.41) is 0. The van der Waals surface area contributed by atoms with Gasteiger partial charge < -0.3 is 10.6 Å². The minimum atomic E-state index is -1.63. The van der Waals surface area contributed by atoms with Gasteiger partial charge in [0.05, 0.1) is 30.5 Å². The van der Waals surface area contributed by atoms with Crippen molar-refractivity contribution >= 4 is 17.8 Å². The van der Waals surface area contributed by atoms with E-state index in [4.69, 9.17) is 5.73 Å². The summed E-state index contributed by atoms with van der Waals surface area (Å²) in [6.45, 7) is 2.52. The number of carbonyl (C=O) groups is 2. The molecule has 200 valence electrons. The molecule has 0 fully saturated rings. The molecule has 3 aromatic carbocycles. The van der Waals surface area contributed by atoms with E-state index in [0.717, 1.165) is 11.4 Å². The lowest BCUT2D eigenvalue weighted by Crippen LogP contribution is -2.44. The predicted molar refractivity (Wildman–Crippen MR) is 143 cm³/mol. The van der Waals surface area contributed by atoms with Crippen molar-refractivity contribution in [3.63, 3.8) is 0 Å². The number of hydrogen-bond acceptors (Lipinski definition) is 6. The van der Waals surface area contributed by atoms with Gasteiger partial charge >= 0.3 is 0 Å². The van der Waals surface area contributed by atoms with Crippen molar-refractivity contribution < 1.29 is 18.4 Å². The summed E-state index contributed by atoms with van der Waals surface area (Å²) < 4.78 is 27.6. The van der Waals surface area contributed by atoms with Crippen LogP contribution in [0.25, 0.3) is 0 Å². The molecule has 0 bridgehead atoms. The number of aromatic nitrogens is 2. The molecule has 1 aromatic heterocycles. The van der Waals surface area contributed by atoms with Crippen molar-refractivity contribution in [2.24, 2.45) is 10.7 Å². The molecule has 0 spiro atoms. The Hall–Kier alpha value is -4.99. The highest BCUT2D eigenvalue weighted by Gasteiger charge is 2.52. The number of nitrogens with zero attached hydrogens (tertiary/aromatic N) is 5. The first-order valence-corrected chi connectivity index (χ1v) is 12.7. The molecular weight excluding hydrogens is 514 g/mol. The molecule has 40 heavy (non-hydrogen) atoms. The largest absolute Gasteiger partial charge is 0.369 e. The summed E-state index contributed by atoms with van der Waals surface area (Å²) in [5.74, 6) is -1.65. The first-order chi connectivity index (χ1) is 19.3. The maximum Gasteiger partial charge on any atom is 0.267 e. The van der Waals surface area contributed by atoms with Crippen LogP contribution in [0, 0.1) is 11.6 Å². The van der Waals surface area contributed by atoms with Crippen LogP contribution in [0.2, 0.25) is 0 Å². The Morgan fingerprint density at radius 3 is 2.00 bits per heavy atom. The molecule has 2 N–H and O–H groups in total. The van der Waals surface area contributed by atoms with Gasteiger partial charge in [0.2, 0.25) is 0 Å². The molecule has 2 aliphatic heterocycles. The summed E-state index contributed by atoms with van der Waals surface area (Å²) in [7, 11) is 0. The third-order valence-electron chi connectivity index (χ3n) is 7.41. The highest BCUT2D eigenvalue weighted by Crippen LogP contribution is 2.42. The van der Waals surface area contributed by atoms with E-state index in [-0.39, 0.29) is 11.9 Å². The Morgan fingerprint density at radius 1 is 0.900 bits per heavy atom. The summed E-state index contributed by atoms with van der Waals surface area (Å²) >= 11 is 0. The second-order valence-electron chi connectivity index (χ2n) is 9.78. The van der Waals surface area contributed by atoms with Gasteiger partial charge in [-0.25, -0.2) is 13.8 Å². The molecule has 0 aliphatic carbocycles. The van der Waals surface area contributed by atoms with Crippen LogP contribution >= 0.6 is 0 Å². The van der Waals surface area contributed by atoms with Crippen molar-refractivity contribution in [3.8, 4) is 0 Å². The molecule has 6 rings (SSSR count). The second-order valence-corrected chi connectivity index (χ2v) is 9.78. The van der Waals surface area contributed by atoms with Crippen molar-refractivity contribution in [1.82, 2.24) is 19.8 Å². The van der Waals surface area contributed by atoms with Gasteiger partial charge in [-0.15, -0.1) is 0 Å². The van der Waals surface area contributed by atoms with E-state index in [1.807, 2.05) is 0 Å². The maximum atomic E-state index is 14.2. The molecule has 10 heteroatoms. The standard InChI is InChI=1S/C30H24F2N6O2/c1-18(19-3-2-4-20(15-19)27(39)37-16-25-26(17-37)35-14-13-34-25)38-28(40)30(36-29(38)33,21-5-9-23(31)10-6-21)22-7-11-24(32)12-8-22/h2-15,18H,16-17H2,1H3,(H2,33,36). The van der Waals surface area contributed by atoms with Crippen molar-refractivity contribution in [3.05, 3.63) is 130 Å². The third kappa shape index (κ3) is 4.08. The minimum absolute atomic E-state index is 0.0463. The monoisotopic (exact) mass is 538 g/mol. The molecule has 3 heterocycles. The van der Waals surface area contributed by atoms with E-state index < -0.39 is 29.1 Å². The molecule has 2 aliphatic rings. The Bertz CT molecular complexity index is 1590.